The van der Waals surface area contributed by atoms with E-state index in [0.717, 1.165) is 43.9 Å². The van der Waals surface area contributed by atoms with Crippen LogP contribution in [0.5, 0.6) is 0 Å². The van der Waals surface area contributed by atoms with Gasteiger partial charge in [-0.1, -0.05) is 19.1 Å². The molecule has 0 unspecified atom stereocenters. The van der Waals surface area contributed by atoms with Gasteiger partial charge in [-0.2, -0.15) is 0 Å². The number of fused-ring (bicyclic) bond motifs is 1. The van der Waals surface area contributed by atoms with Gasteiger partial charge in [-0.3, -0.25) is 4.79 Å². The van der Waals surface area contributed by atoms with Gasteiger partial charge in [-0.05, 0) is 49.5 Å². The molecule has 2 aliphatic heterocycles. The molecule has 1 atom stereocenters. The summed E-state index contributed by atoms with van der Waals surface area (Å²) in [6.45, 7) is 5.58. The Balaban J connectivity index is 1.72. The molecule has 21 heavy (non-hydrogen) atoms. The summed E-state index contributed by atoms with van der Waals surface area (Å²) in [6, 6.07) is 6.05. The van der Waals surface area contributed by atoms with Crippen molar-refractivity contribution >= 4 is 11.6 Å². The smallest absolute Gasteiger partial charge is 0.226 e. The van der Waals surface area contributed by atoms with Crippen molar-refractivity contribution in [3.05, 3.63) is 29.3 Å². The van der Waals surface area contributed by atoms with E-state index in [0.29, 0.717) is 6.42 Å². The minimum absolute atomic E-state index is 0.180. The topological polar surface area (TPSA) is 43.8 Å². The average Bonchev–Trinajstić information content (AvgIpc) is 3.14. The summed E-state index contributed by atoms with van der Waals surface area (Å²) in [7, 11) is 0. The van der Waals surface area contributed by atoms with Crippen LogP contribution in [0.25, 0.3) is 0 Å². The van der Waals surface area contributed by atoms with Gasteiger partial charge in [-0.25, -0.2) is 0 Å². The number of β-amino-alcohol motifs (C(OH)–C–C–N with tert-alkyl or cyclic N) is 1. The molecule has 0 bridgehead atoms. The minimum Gasteiger partial charge on any atom is -0.387 e. The van der Waals surface area contributed by atoms with Gasteiger partial charge in [-0.15, -0.1) is 0 Å². The van der Waals surface area contributed by atoms with Gasteiger partial charge in [0.2, 0.25) is 5.91 Å². The Morgan fingerprint density at radius 2 is 2.05 bits per heavy atom. The summed E-state index contributed by atoms with van der Waals surface area (Å²) in [4.78, 5) is 16.1. The van der Waals surface area contributed by atoms with Crippen LogP contribution in [-0.2, 0) is 11.2 Å². The van der Waals surface area contributed by atoms with E-state index in [9.17, 15) is 9.90 Å². The standard InChI is InChI=1S/C17H24N2O2/c1-2-17(21)19-10-7-13-11-14(5-6-15(13)19)16(20)12-18-8-3-4-9-18/h5-6,11,16,20H,2-4,7-10,12H2,1H3/t16-/m1/s1. The third-order valence-electron chi connectivity index (χ3n) is 4.62. The molecule has 1 amide bonds. The highest BCUT2D eigenvalue weighted by Gasteiger charge is 2.25. The molecule has 0 radical (unpaired) electrons. The van der Waals surface area contributed by atoms with Crippen LogP contribution >= 0.6 is 0 Å². The van der Waals surface area contributed by atoms with Crippen molar-refractivity contribution in [2.75, 3.05) is 31.1 Å². The molecule has 3 rings (SSSR count). The van der Waals surface area contributed by atoms with Crippen LogP contribution in [0, 0.1) is 0 Å². The lowest BCUT2D eigenvalue weighted by Crippen LogP contribution is -2.27. The predicted octanol–water partition coefficient (Wildman–Crippen LogP) is 2.11. The Bertz CT molecular complexity index is 524. The maximum absolute atomic E-state index is 11.9. The summed E-state index contributed by atoms with van der Waals surface area (Å²) < 4.78 is 0. The molecule has 2 aliphatic rings. The number of hydrogen-bond acceptors (Lipinski definition) is 3. The van der Waals surface area contributed by atoms with Crippen LogP contribution < -0.4 is 4.90 Å². The predicted molar refractivity (Wildman–Crippen MR) is 83.4 cm³/mol. The second-order valence-electron chi connectivity index (χ2n) is 6.06. The number of aliphatic hydroxyl groups excluding tert-OH is 1. The van der Waals surface area contributed by atoms with E-state index in [1.54, 1.807) is 0 Å². The highest BCUT2D eigenvalue weighted by Crippen LogP contribution is 2.31. The number of nitrogens with zero attached hydrogens (tertiary/aromatic N) is 2. The number of anilines is 1. The van der Waals surface area contributed by atoms with Gasteiger partial charge in [0.1, 0.15) is 0 Å². The number of carbonyl (C=O) groups excluding carboxylic acids is 1. The van der Waals surface area contributed by atoms with Crippen molar-refractivity contribution in [1.82, 2.24) is 4.90 Å². The van der Waals surface area contributed by atoms with Gasteiger partial charge >= 0.3 is 0 Å². The van der Waals surface area contributed by atoms with Crippen LogP contribution in [0.2, 0.25) is 0 Å². The fraction of sp³-hybridized carbons (Fsp3) is 0.588. The normalized spacial score (nSPS) is 19.8. The Labute approximate surface area is 126 Å². The number of aliphatic hydroxyl groups is 1. The minimum atomic E-state index is -0.427. The van der Waals surface area contributed by atoms with Crippen molar-refractivity contribution in [3.63, 3.8) is 0 Å². The lowest BCUT2D eigenvalue weighted by atomic mass is 10.0. The van der Waals surface area contributed by atoms with Crippen LogP contribution in [0.3, 0.4) is 0 Å². The first-order chi connectivity index (χ1) is 10.2. The molecule has 1 aromatic carbocycles. The van der Waals surface area contributed by atoms with Crippen LogP contribution in [0.15, 0.2) is 18.2 Å². The van der Waals surface area contributed by atoms with Gasteiger partial charge in [0.15, 0.2) is 0 Å². The van der Waals surface area contributed by atoms with E-state index >= 15 is 0 Å². The van der Waals surface area contributed by atoms with Crippen molar-refractivity contribution in [1.29, 1.82) is 0 Å². The number of likely N-dealkylation sites (tertiary alicyclic amines) is 1. The molecule has 114 valence electrons. The molecule has 4 nitrogen and oxygen atoms in total. The second kappa shape index (κ2) is 6.16. The maximum atomic E-state index is 11.9. The van der Waals surface area contributed by atoms with E-state index in [2.05, 4.69) is 11.0 Å². The molecule has 0 spiro atoms. The van der Waals surface area contributed by atoms with E-state index in [-0.39, 0.29) is 5.91 Å². The summed E-state index contributed by atoms with van der Waals surface area (Å²) in [5, 5.41) is 10.4. The van der Waals surface area contributed by atoms with Crippen molar-refractivity contribution < 1.29 is 9.90 Å². The molecule has 1 saturated heterocycles. The van der Waals surface area contributed by atoms with E-state index in [1.807, 2.05) is 24.0 Å². The summed E-state index contributed by atoms with van der Waals surface area (Å²) in [5.41, 5.74) is 3.19. The van der Waals surface area contributed by atoms with E-state index < -0.39 is 6.10 Å². The van der Waals surface area contributed by atoms with E-state index in [4.69, 9.17) is 0 Å². The Morgan fingerprint density at radius 1 is 1.29 bits per heavy atom. The molecule has 2 heterocycles. The molecular formula is C17H24N2O2. The number of amides is 1. The third-order valence-corrected chi connectivity index (χ3v) is 4.62. The fourth-order valence-corrected chi connectivity index (χ4v) is 3.39. The lowest BCUT2D eigenvalue weighted by Gasteiger charge is -2.21. The van der Waals surface area contributed by atoms with Gasteiger partial charge in [0.25, 0.3) is 0 Å². The molecule has 1 aromatic rings. The van der Waals surface area contributed by atoms with Crippen LogP contribution in [-0.4, -0.2) is 42.1 Å². The van der Waals surface area contributed by atoms with E-state index in [1.165, 1.54) is 18.4 Å². The zero-order chi connectivity index (χ0) is 14.8. The molecule has 0 aromatic heterocycles. The molecule has 1 fully saturated rings. The van der Waals surface area contributed by atoms with Crippen LogP contribution in [0.4, 0.5) is 5.69 Å². The summed E-state index contributed by atoms with van der Waals surface area (Å²) in [5.74, 6) is 0.180. The highest BCUT2D eigenvalue weighted by molar-refractivity contribution is 5.95. The Hall–Kier alpha value is -1.39. The summed E-state index contributed by atoms with van der Waals surface area (Å²) >= 11 is 0. The maximum Gasteiger partial charge on any atom is 0.226 e. The lowest BCUT2D eigenvalue weighted by molar-refractivity contribution is -0.118. The fourth-order valence-electron chi connectivity index (χ4n) is 3.39. The van der Waals surface area contributed by atoms with Crippen molar-refractivity contribution in [2.45, 2.75) is 38.7 Å². The third kappa shape index (κ3) is 2.97. The zero-order valence-electron chi connectivity index (χ0n) is 12.7. The highest BCUT2D eigenvalue weighted by atomic mass is 16.3. The number of hydrogen-bond donors (Lipinski definition) is 1. The van der Waals surface area contributed by atoms with Gasteiger partial charge < -0.3 is 14.9 Å². The first kappa shape index (κ1) is 14.5. The monoisotopic (exact) mass is 288 g/mol. The quantitative estimate of drug-likeness (QED) is 0.923. The molecule has 4 heteroatoms. The number of carbonyl (C=O) groups is 1. The number of rotatable bonds is 4. The van der Waals surface area contributed by atoms with Gasteiger partial charge in [0, 0.05) is 25.2 Å². The molecular weight excluding hydrogens is 264 g/mol. The molecule has 1 N–H and O–H groups in total. The van der Waals surface area contributed by atoms with Crippen LogP contribution in [0.1, 0.15) is 43.4 Å². The van der Waals surface area contributed by atoms with Gasteiger partial charge in [0.05, 0.1) is 6.10 Å². The average molecular weight is 288 g/mol. The van der Waals surface area contributed by atoms with Crippen molar-refractivity contribution in [2.24, 2.45) is 0 Å². The largest absolute Gasteiger partial charge is 0.387 e. The van der Waals surface area contributed by atoms with Crippen molar-refractivity contribution in [3.8, 4) is 0 Å². The second-order valence-corrected chi connectivity index (χ2v) is 6.06. The zero-order valence-corrected chi connectivity index (χ0v) is 12.7. The SMILES string of the molecule is CCC(=O)N1CCc2cc([C@H](O)CN3CCCC3)ccc21. The first-order valence-electron chi connectivity index (χ1n) is 8.02. The number of benzene rings is 1. The molecule has 0 saturated carbocycles. The molecule has 0 aliphatic carbocycles. The summed E-state index contributed by atoms with van der Waals surface area (Å²) in [6.07, 6.45) is 3.49. The Kier molecular flexibility index (Phi) is 4.27. The Morgan fingerprint density at radius 3 is 2.76 bits per heavy atom. The first-order valence-corrected chi connectivity index (χ1v) is 8.02.